The first-order valence-electron chi connectivity index (χ1n) is 11.0. The Morgan fingerprint density at radius 3 is 2.89 bits per heavy atom. The van der Waals surface area contributed by atoms with Gasteiger partial charge in [0.1, 0.15) is 0 Å². The fourth-order valence-corrected chi connectivity index (χ4v) is 7.76. The fraction of sp³-hybridized carbons (Fsp3) is 0.708. The standard InChI is InChI=1S/C24H32O3/c1-3-4-18(22(26)27)15-5-7-17-14(11-15)6-8-20-19(17)9-10-23(2)21(25)12-16-13-24(16,20)23/h5,7,11,16,18-21,25H,3-4,6,8-10,12-13H2,1-2H3,(H,26,27)/t16-,18?,19-,20-,21+,23-,24+/m1/s1. The minimum atomic E-state index is -0.696. The van der Waals surface area contributed by atoms with E-state index >= 15 is 0 Å². The van der Waals surface area contributed by atoms with Crippen LogP contribution in [0.25, 0.3) is 0 Å². The zero-order valence-corrected chi connectivity index (χ0v) is 16.6. The first-order chi connectivity index (χ1) is 12.9. The van der Waals surface area contributed by atoms with Crippen LogP contribution in [-0.4, -0.2) is 22.3 Å². The molecule has 0 radical (unpaired) electrons. The van der Waals surface area contributed by atoms with Gasteiger partial charge < -0.3 is 10.2 Å². The first-order valence-corrected chi connectivity index (χ1v) is 11.0. The Bertz CT molecular complexity index is 786. The van der Waals surface area contributed by atoms with E-state index in [0.717, 1.165) is 37.2 Å². The van der Waals surface area contributed by atoms with Gasteiger partial charge in [0, 0.05) is 0 Å². The van der Waals surface area contributed by atoms with E-state index in [2.05, 4.69) is 32.0 Å². The van der Waals surface area contributed by atoms with E-state index in [4.69, 9.17) is 0 Å². The molecule has 3 saturated carbocycles. The Morgan fingerprint density at radius 1 is 1.33 bits per heavy atom. The molecule has 7 atom stereocenters. The van der Waals surface area contributed by atoms with Crippen molar-refractivity contribution in [2.75, 3.05) is 0 Å². The fourth-order valence-electron chi connectivity index (χ4n) is 7.76. The molecule has 1 unspecified atom stereocenters. The van der Waals surface area contributed by atoms with Gasteiger partial charge in [-0.05, 0) is 90.2 Å². The molecule has 3 heteroatoms. The lowest BCUT2D eigenvalue weighted by Gasteiger charge is -2.52. The minimum absolute atomic E-state index is 0.105. The van der Waals surface area contributed by atoms with Crippen molar-refractivity contribution in [1.29, 1.82) is 0 Å². The summed E-state index contributed by atoms with van der Waals surface area (Å²) in [5.74, 6) is 0.998. The summed E-state index contributed by atoms with van der Waals surface area (Å²) in [5, 5.41) is 20.3. The Labute approximate surface area is 162 Å². The first kappa shape index (κ1) is 17.7. The van der Waals surface area contributed by atoms with Crippen molar-refractivity contribution in [2.45, 2.75) is 83.2 Å². The summed E-state index contributed by atoms with van der Waals surface area (Å²) in [4.78, 5) is 11.7. The second kappa shape index (κ2) is 5.83. The molecular formula is C24H32O3. The molecule has 1 aromatic rings. The van der Waals surface area contributed by atoms with Crippen LogP contribution in [0.5, 0.6) is 0 Å². The van der Waals surface area contributed by atoms with Crippen molar-refractivity contribution in [1.82, 2.24) is 0 Å². The zero-order chi connectivity index (χ0) is 19.0. The second-order valence-electron chi connectivity index (χ2n) is 10.0. The topological polar surface area (TPSA) is 57.5 Å². The molecule has 0 amide bonds. The highest BCUT2D eigenvalue weighted by Crippen LogP contribution is 2.81. The molecule has 0 aliphatic heterocycles. The summed E-state index contributed by atoms with van der Waals surface area (Å²) in [6.07, 6.45) is 8.44. The average molecular weight is 369 g/mol. The molecule has 4 aliphatic rings. The van der Waals surface area contributed by atoms with E-state index in [0.29, 0.717) is 23.7 Å². The zero-order valence-electron chi connectivity index (χ0n) is 16.6. The summed E-state index contributed by atoms with van der Waals surface area (Å²) >= 11 is 0. The van der Waals surface area contributed by atoms with Crippen molar-refractivity contribution in [2.24, 2.45) is 22.7 Å². The van der Waals surface area contributed by atoms with Gasteiger partial charge in [-0.1, -0.05) is 38.5 Å². The number of hydrogen-bond donors (Lipinski definition) is 2. The number of carboxylic acid groups (broad SMARTS) is 1. The lowest BCUT2D eigenvalue weighted by atomic mass is 9.52. The molecule has 3 fully saturated rings. The monoisotopic (exact) mass is 368 g/mol. The van der Waals surface area contributed by atoms with Crippen LogP contribution in [0.2, 0.25) is 0 Å². The molecule has 0 bridgehead atoms. The Hall–Kier alpha value is -1.35. The van der Waals surface area contributed by atoms with E-state index in [-0.39, 0.29) is 17.4 Å². The van der Waals surface area contributed by atoms with Gasteiger partial charge in [0.15, 0.2) is 0 Å². The van der Waals surface area contributed by atoms with Gasteiger partial charge in [-0.15, -0.1) is 0 Å². The van der Waals surface area contributed by atoms with Crippen LogP contribution in [0.3, 0.4) is 0 Å². The summed E-state index contributed by atoms with van der Waals surface area (Å²) in [6.45, 7) is 4.42. The molecule has 3 nitrogen and oxygen atoms in total. The maximum Gasteiger partial charge on any atom is 0.310 e. The molecule has 0 saturated heterocycles. The van der Waals surface area contributed by atoms with Crippen molar-refractivity contribution < 1.29 is 15.0 Å². The average Bonchev–Trinajstić information content (AvgIpc) is 3.31. The number of fused-ring (bicyclic) bond motifs is 3. The third kappa shape index (κ3) is 2.21. The van der Waals surface area contributed by atoms with E-state index in [9.17, 15) is 15.0 Å². The molecule has 1 spiro atoms. The summed E-state index contributed by atoms with van der Waals surface area (Å²) in [6, 6.07) is 6.56. The van der Waals surface area contributed by atoms with Gasteiger partial charge in [0.2, 0.25) is 0 Å². The van der Waals surface area contributed by atoms with Gasteiger partial charge in [0.25, 0.3) is 0 Å². The number of rotatable bonds is 4. The third-order valence-electron chi connectivity index (χ3n) is 9.15. The van der Waals surface area contributed by atoms with Crippen molar-refractivity contribution in [3.63, 3.8) is 0 Å². The van der Waals surface area contributed by atoms with Gasteiger partial charge in [-0.3, -0.25) is 4.79 Å². The molecule has 2 N–H and O–H groups in total. The maximum atomic E-state index is 11.7. The SMILES string of the molecule is CCCC(C(=O)O)c1ccc2c(c1)CC[C@@H]1[C@@H]2CC[C@]2(C)[C@@H](O)C[C@@H]3C[C@]312. The molecular weight excluding hydrogens is 336 g/mol. The number of aliphatic hydroxyl groups excluding tert-OH is 1. The van der Waals surface area contributed by atoms with Crippen LogP contribution in [-0.2, 0) is 11.2 Å². The molecule has 0 heterocycles. The largest absolute Gasteiger partial charge is 0.481 e. The molecule has 4 aliphatic carbocycles. The van der Waals surface area contributed by atoms with Crippen molar-refractivity contribution in [3.05, 3.63) is 34.9 Å². The third-order valence-corrected chi connectivity index (χ3v) is 9.15. The normalized spacial score (nSPS) is 42.5. The van der Waals surface area contributed by atoms with Gasteiger partial charge >= 0.3 is 5.97 Å². The highest BCUT2D eigenvalue weighted by molar-refractivity contribution is 5.76. The van der Waals surface area contributed by atoms with Crippen LogP contribution >= 0.6 is 0 Å². The van der Waals surface area contributed by atoms with Crippen LogP contribution < -0.4 is 0 Å². The lowest BCUT2D eigenvalue weighted by molar-refractivity contribution is -0.139. The smallest absolute Gasteiger partial charge is 0.310 e. The van der Waals surface area contributed by atoms with Crippen LogP contribution in [0.15, 0.2) is 18.2 Å². The number of carbonyl (C=O) groups is 1. The maximum absolute atomic E-state index is 11.7. The predicted octanol–water partition coefficient (Wildman–Crippen LogP) is 4.87. The van der Waals surface area contributed by atoms with E-state index in [1.54, 1.807) is 0 Å². The molecule has 5 rings (SSSR count). The predicted molar refractivity (Wildman–Crippen MR) is 105 cm³/mol. The Kier molecular flexibility index (Phi) is 3.82. The number of aliphatic carboxylic acids is 1. The summed E-state index contributed by atoms with van der Waals surface area (Å²) in [7, 11) is 0. The summed E-state index contributed by atoms with van der Waals surface area (Å²) < 4.78 is 0. The highest BCUT2D eigenvalue weighted by Gasteiger charge is 2.76. The summed E-state index contributed by atoms with van der Waals surface area (Å²) in [5.41, 5.74) is 4.38. The highest BCUT2D eigenvalue weighted by atomic mass is 16.4. The van der Waals surface area contributed by atoms with Crippen molar-refractivity contribution in [3.8, 4) is 0 Å². The molecule has 146 valence electrons. The van der Waals surface area contributed by atoms with Gasteiger partial charge in [-0.25, -0.2) is 0 Å². The minimum Gasteiger partial charge on any atom is -0.481 e. The number of aliphatic hydroxyl groups is 1. The van der Waals surface area contributed by atoms with Gasteiger partial charge in [-0.2, -0.15) is 0 Å². The van der Waals surface area contributed by atoms with Crippen LogP contribution in [0.1, 0.15) is 87.3 Å². The lowest BCUT2D eigenvalue weighted by Crippen LogP contribution is -2.47. The Balaban J connectivity index is 1.48. The number of carboxylic acids is 1. The van der Waals surface area contributed by atoms with Crippen LogP contribution in [0.4, 0.5) is 0 Å². The quantitative estimate of drug-likeness (QED) is 0.797. The van der Waals surface area contributed by atoms with E-state index < -0.39 is 5.97 Å². The molecule has 27 heavy (non-hydrogen) atoms. The second-order valence-corrected chi connectivity index (χ2v) is 10.0. The molecule has 0 aromatic heterocycles. The van der Waals surface area contributed by atoms with Gasteiger partial charge in [0.05, 0.1) is 12.0 Å². The van der Waals surface area contributed by atoms with Crippen molar-refractivity contribution >= 4 is 5.97 Å². The number of aryl methyl sites for hydroxylation is 1. The number of benzene rings is 1. The van der Waals surface area contributed by atoms with Crippen LogP contribution in [0, 0.1) is 22.7 Å². The van der Waals surface area contributed by atoms with E-state index in [1.807, 2.05) is 0 Å². The number of hydrogen-bond acceptors (Lipinski definition) is 2. The molecule has 1 aromatic carbocycles. The Morgan fingerprint density at radius 2 is 2.15 bits per heavy atom. The van der Waals surface area contributed by atoms with E-state index in [1.165, 1.54) is 30.4 Å².